The summed E-state index contributed by atoms with van der Waals surface area (Å²) in [5.74, 6) is 1.08. The van der Waals surface area contributed by atoms with Crippen LogP contribution in [0.25, 0.3) is 10.2 Å². The third-order valence-electron chi connectivity index (χ3n) is 4.14. The van der Waals surface area contributed by atoms with Crippen LogP contribution in [0.2, 0.25) is 0 Å². The number of benzene rings is 1. The molecule has 5 heteroatoms. The molecule has 1 saturated heterocycles. The molecule has 2 aromatic heterocycles. The van der Waals surface area contributed by atoms with Crippen molar-refractivity contribution in [3.63, 3.8) is 0 Å². The minimum Gasteiger partial charge on any atom is -0.380 e. The van der Waals surface area contributed by atoms with E-state index in [9.17, 15) is 0 Å². The lowest BCUT2D eigenvalue weighted by Gasteiger charge is -2.19. The maximum atomic E-state index is 4.54. The highest BCUT2D eigenvalue weighted by Crippen LogP contribution is 2.32. The molecule has 0 saturated carbocycles. The largest absolute Gasteiger partial charge is 0.380 e. The van der Waals surface area contributed by atoms with Crippen molar-refractivity contribution in [3.8, 4) is 0 Å². The van der Waals surface area contributed by atoms with Crippen molar-refractivity contribution < 1.29 is 0 Å². The Labute approximate surface area is 133 Å². The fourth-order valence-electron chi connectivity index (χ4n) is 3.02. The van der Waals surface area contributed by atoms with Crippen LogP contribution in [-0.2, 0) is 0 Å². The molecule has 22 heavy (non-hydrogen) atoms. The van der Waals surface area contributed by atoms with Crippen LogP contribution in [0.5, 0.6) is 0 Å². The third kappa shape index (κ3) is 2.41. The Morgan fingerprint density at radius 1 is 1.23 bits per heavy atom. The van der Waals surface area contributed by atoms with Crippen LogP contribution in [-0.4, -0.2) is 29.1 Å². The van der Waals surface area contributed by atoms with E-state index in [2.05, 4.69) is 56.8 Å². The maximum absolute atomic E-state index is 4.54. The van der Waals surface area contributed by atoms with Crippen molar-refractivity contribution in [2.75, 3.05) is 23.3 Å². The van der Waals surface area contributed by atoms with Gasteiger partial charge in [0.15, 0.2) is 0 Å². The summed E-state index contributed by atoms with van der Waals surface area (Å²) in [5, 5.41) is 5.78. The Morgan fingerprint density at radius 2 is 2.09 bits per heavy atom. The molecule has 0 aliphatic carbocycles. The molecule has 1 aromatic carbocycles. The van der Waals surface area contributed by atoms with E-state index in [1.54, 1.807) is 17.7 Å². The van der Waals surface area contributed by atoms with E-state index in [1.165, 1.54) is 16.0 Å². The van der Waals surface area contributed by atoms with Crippen LogP contribution < -0.4 is 10.2 Å². The van der Waals surface area contributed by atoms with Crippen LogP contribution in [0, 0.1) is 6.92 Å². The highest BCUT2D eigenvalue weighted by atomic mass is 32.1. The SMILES string of the molecule is Cc1csc2c(N3CC[C@H](Nc4ccccc4)C3)ncnc12. The summed E-state index contributed by atoms with van der Waals surface area (Å²) in [5.41, 5.74) is 3.52. The lowest BCUT2D eigenvalue weighted by molar-refractivity contribution is 0.806. The highest BCUT2D eigenvalue weighted by molar-refractivity contribution is 7.18. The highest BCUT2D eigenvalue weighted by Gasteiger charge is 2.25. The monoisotopic (exact) mass is 310 g/mol. The lowest BCUT2D eigenvalue weighted by atomic mass is 10.2. The molecule has 0 bridgehead atoms. The number of nitrogens with zero attached hydrogens (tertiary/aromatic N) is 3. The van der Waals surface area contributed by atoms with Crippen molar-refractivity contribution in [2.45, 2.75) is 19.4 Å². The van der Waals surface area contributed by atoms with Crippen molar-refractivity contribution >= 4 is 33.1 Å². The summed E-state index contributed by atoms with van der Waals surface area (Å²) in [6.07, 6.45) is 2.82. The number of aromatic nitrogens is 2. The first-order chi connectivity index (χ1) is 10.8. The molecule has 0 spiro atoms. The predicted molar refractivity (Wildman–Crippen MR) is 92.8 cm³/mol. The summed E-state index contributed by atoms with van der Waals surface area (Å²) in [7, 11) is 0. The minimum absolute atomic E-state index is 0.466. The fourth-order valence-corrected chi connectivity index (χ4v) is 4.04. The molecule has 1 aliphatic rings. The number of para-hydroxylation sites is 1. The van der Waals surface area contributed by atoms with E-state index < -0.39 is 0 Å². The molecule has 0 amide bonds. The zero-order valence-corrected chi connectivity index (χ0v) is 13.3. The van der Waals surface area contributed by atoms with Gasteiger partial charge in [-0.05, 0) is 36.4 Å². The topological polar surface area (TPSA) is 41.0 Å². The van der Waals surface area contributed by atoms with Gasteiger partial charge in [-0.15, -0.1) is 11.3 Å². The van der Waals surface area contributed by atoms with Crippen LogP contribution in [0.1, 0.15) is 12.0 Å². The van der Waals surface area contributed by atoms with E-state index in [0.29, 0.717) is 6.04 Å². The van der Waals surface area contributed by atoms with Gasteiger partial charge in [0.1, 0.15) is 12.1 Å². The molecule has 1 fully saturated rings. The van der Waals surface area contributed by atoms with Crippen molar-refractivity contribution in [3.05, 3.63) is 47.6 Å². The summed E-state index contributed by atoms with van der Waals surface area (Å²) in [6.45, 7) is 4.13. The summed E-state index contributed by atoms with van der Waals surface area (Å²) in [6, 6.07) is 10.9. The predicted octanol–water partition coefficient (Wildman–Crippen LogP) is 3.69. The number of aryl methyl sites for hydroxylation is 1. The summed E-state index contributed by atoms with van der Waals surface area (Å²) in [4.78, 5) is 11.3. The van der Waals surface area contributed by atoms with Gasteiger partial charge in [0, 0.05) is 24.8 Å². The smallest absolute Gasteiger partial charge is 0.150 e. The number of fused-ring (bicyclic) bond motifs is 1. The molecular weight excluding hydrogens is 292 g/mol. The van der Waals surface area contributed by atoms with Crippen LogP contribution in [0.15, 0.2) is 42.0 Å². The molecule has 4 rings (SSSR count). The molecule has 1 atom stereocenters. The number of rotatable bonds is 3. The lowest BCUT2D eigenvalue weighted by Crippen LogP contribution is -2.26. The quantitative estimate of drug-likeness (QED) is 0.801. The number of anilines is 2. The Morgan fingerprint density at radius 3 is 2.95 bits per heavy atom. The molecule has 1 aliphatic heterocycles. The second-order valence-corrected chi connectivity index (χ2v) is 6.62. The van der Waals surface area contributed by atoms with E-state index in [4.69, 9.17) is 0 Å². The summed E-state index contributed by atoms with van der Waals surface area (Å²) < 4.78 is 1.21. The zero-order valence-electron chi connectivity index (χ0n) is 12.5. The van der Waals surface area contributed by atoms with Gasteiger partial charge < -0.3 is 10.2 Å². The first-order valence-electron chi connectivity index (χ1n) is 7.56. The minimum atomic E-state index is 0.466. The molecule has 3 heterocycles. The normalized spacial score (nSPS) is 18.0. The molecule has 3 aromatic rings. The van der Waals surface area contributed by atoms with Crippen molar-refractivity contribution in [2.24, 2.45) is 0 Å². The number of hydrogen-bond donors (Lipinski definition) is 1. The molecule has 0 unspecified atom stereocenters. The van der Waals surface area contributed by atoms with Gasteiger partial charge in [-0.1, -0.05) is 18.2 Å². The van der Waals surface area contributed by atoms with Gasteiger partial charge in [-0.25, -0.2) is 9.97 Å². The molecule has 1 N–H and O–H groups in total. The standard InChI is InChI=1S/C17H18N4S/c1-12-10-22-16-15(12)18-11-19-17(16)21-8-7-14(9-21)20-13-5-3-2-4-6-13/h2-6,10-11,14,20H,7-9H2,1H3/t14-/m0/s1. The van der Waals surface area contributed by atoms with E-state index >= 15 is 0 Å². The first-order valence-corrected chi connectivity index (χ1v) is 8.44. The Balaban J connectivity index is 1.54. The van der Waals surface area contributed by atoms with Crippen LogP contribution in [0.4, 0.5) is 11.5 Å². The average molecular weight is 310 g/mol. The van der Waals surface area contributed by atoms with Gasteiger partial charge >= 0.3 is 0 Å². The Hall–Kier alpha value is -2.14. The van der Waals surface area contributed by atoms with Gasteiger partial charge in [0.25, 0.3) is 0 Å². The number of nitrogens with one attached hydrogen (secondary N) is 1. The number of hydrogen-bond acceptors (Lipinski definition) is 5. The van der Waals surface area contributed by atoms with Gasteiger partial charge in [0.2, 0.25) is 0 Å². The second kappa shape index (κ2) is 5.57. The number of thiophene rings is 1. The van der Waals surface area contributed by atoms with Gasteiger partial charge in [-0.3, -0.25) is 0 Å². The fraction of sp³-hybridized carbons (Fsp3) is 0.294. The van der Waals surface area contributed by atoms with E-state index in [0.717, 1.165) is 30.8 Å². The maximum Gasteiger partial charge on any atom is 0.150 e. The molecular formula is C17H18N4S. The second-order valence-electron chi connectivity index (χ2n) is 5.74. The third-order valence-corrected chi connectivity index (χ3v) is 5.23. The average Bonchev–Trinajstić information content (AvgIpc) is 3.16. The van der Waals surface area contributed by atoms with Gasteiger partial charge in [-0.2, -0.15) is 0 Å². The van der Waals surface area contributed by atoms with Crippen molar-refractivity contribution in [1.82, 2.24) is 9.97 Å². The summed E-state index contributed by atoms with van der Waals surface area (Å²) >= 11 is 1.75. The van der Waals surface area contributed by atoms with Gasteiger partial charge in [0.05, 0.1) is 10.2 Å². The Kier molecular flexibility index (Phi) is 3.42. The first kappa shape index (κ1) is 13.5. The molecule has 0 radical (unpaired) electrons. The van der Waals surface area contributed by atoms with E-state index in [1.807, 2.05) is 6.07 Å². The van der Waals surface area contributed by atoms with Crippen molar-refractivity contribution in [1.29, 1.82) is 0 Å². The molecule has 4 nitrogen and oxygen atoms in total. The zero-order chi connectivity index (χ0) is 14.9. The van der Waals surface area contributed by atoms with E-state index in [-0.39, 0.29) is 0 Å². The van der Waals surface area contributed by atoms with Crippen LogP contribution >= 0.6 is 11.3 Å². The van der Waals surface area contributed by atoms with Crippen LogP contribution in [0.3, 0.4) is 0 Å². The molecule has 112 valence electrons. The Bertz CT molecular complexity index is 784.